The van der Waals surface area contributed by atoms with Crippen LogP contribution in [0.15, 0.2) is 67.0 Å². The number of aromatic nitrogens is 2. The second-order valence-electron chi connectivity index (χ2n) is 5.57. The quantitative estimate of drug-likeness (QED) is 0.715. The molecule has 26 heavy (non-hydrogen) atoms. The number of anilines is 2. The lowest BCUT2D eigenvalue weighted by atomic mass is 10.1. The van der Waals surface area contributed by atoms with Gasteiger partial charge in [-0.2, -0.15) is 18.3 Å². The van der Waals surface area contributed by atoms with Crippen LogP contribution in [0.25, 0.3) is 0 Å². The van der Waals surface area contributed by atoms with E-state index in [1.54, 1.807) is 36.5 Å². The van der Waals surface area contributed by atoms with E-state index in [9.17, 15) is 18.0 Å². The normalized spacial score (nSPS) is 11.2. The van der Waals surface area contributed by atoms with Gasteiger partial charge in [0.15, 0.2) is 0 Å². The number of benzene rings is 2. The van der Waals surface area contributed by atoms with Gasteiger partial charge in [-0.3, -0.25) is 4.68 Å². The number of amides is 2. The van der Waals surface area contributed by atoms with Crippen LogP contribution in [0.2, 0.25) is 0 Å². The first-order chi connectivity index (χ1) is 12.4. The van der Waals surface area contributed by atoms with Crippen LogP contribution >= 0.6 is 0 Å². The third-order valence-corrected chi connectivity index (χ3v) is 3.52. The molecule has 0 spiro atoms. The van der Waals surface area contributed by atoms with Crippen LogP contribution in [-0.2, 0) is 12.7 Å². The number of carbonyl (C=O) groups excluding carboxylic acids is 1. The molecule has 0 atom stereocenters. The number of halogens is 3. The number of hydrogen-bond acceptors (Lipinski definition) is 2. The van der Waals surface area contributed by atoms with Crippen molar-refractivity contribution >= 4 is 17.4 Å². The molecule has 2 N–H and O–H groups in total. The highest BCUT2D eigenvalue weighted by Gasteiger charge is 2.30. The number of rotatable bonds is 4. The number of nitrogens with zero attached hydrogens (tertiary/aromatic N) is 2. The van der Waals surface area contributed by atoms with Crippen molar-refractivity contribution in [2.75, 3.05) is 10.6 Å². The minimum absolute atomic E-state index is 0.159. The van der Waals surface area contributed by atoms with Gasteiger partial charge in [0.25, 0.3) is 0 Å². The van der Waals surface area contributed by atoms with E-state index in [2.05, 4.69) is 15.7 Å². The lowest BCUT2D eigenvalue weighted by Gasteiger charge is -2.08. The molecule has 0 aliphatic rings. The molecule has 0 aliphatic carbocycles. The third-order valence-electron chi connectivity index (χ3n) is 3.52. The fraction of sp³-hybridized carbons (Fsp3) is 0.111. The Bertz CT molecular complexity index is 891. The minimum atomic E-state index is -4.39. The van der Waals surface area contributed by atoms with Crippen molar-refractivity contribution < 1.29 is 18.0 Å². The molecule has 134 valence electrons. The Kier molecular flexibility index (Phi) is 4.92. The smallest absolute Gasteiger partial charge is 0.308 e. The van der Waals surface area contributed by atoms with Crippen LogP contribution in [0.3, 0.4) is 0 Å². The fourth-order valence-corrected chi connectivity index (χ4v) is 2.36. The second kappa shape index (κ2) is 7.30. The number of urea groups is 1. The first-order valence-electron chi connectivity index (χ1n) is 7.72. The van der Waals surface area contributed by atoms with E-state index in [4.69, 9.17) is 0 Å². The molecule has 0 fully saturated rings. The molecule has 2 aromatic carbocycles. The lowest BCUT2D eigenvalue weighted by molar-refractivity contribution is -0.137. The molecule has 2 amide bonds. The van der Waals surface area contributed by atoms with E-state index in [0.29, 0.717) is 16.9 Å². The van der Waals surface area contributed by atoms with E-state index < -0.39 is 17.8 Å². The van der Waals surface area contributed by atoms with Crippen molar-refractivity contribution in [2.24, 2.45) is 0 Å². The maximum atomic E-state index is 12.8. The summed E-state index contributed by atoms with van der Waals surface area (Å²) in [7, 11) is 0. The number of nitrogens with one attached hydrogen (secondary N) is 2. The second-order valence-corrected chi connectivity index (χ2v) is 5.57. The van der Waals surface area contributed by atoms with Gasteiger partial charge in [-0.15, -0.1) is 0 Å². The molecule has 0 saturated carbocycles. The average Bonchev–Trinajstić information content (AvgIpc) is 3.02. The Balaban J connectivity index is 1.62. The van der Waals surface area contributed by atoms with Gasteiger partial charge in [-0.1, -0.05) is 30.3 Å². The largest absolute Gasteiger partial charge is 0.416 e. The summed E-state index contributed by atoms with van der Waals surface area (Å²) in [5.74, 6) is 0. The summed E-state index contributed by atoms with van der Waals surface area (Å²) in [6, 6.07) is 13.5. The van der Waals surface area contributed by atoms with Crippen molar-refractivity contribution in [2.45, 2.75) is 12.7 Å². The zero-order valence-corrected chi connectivity index (χ0v) is 13.5. The molecule has 3 aromatic rings. The summed E-state index contributed by atoms with van der Waals surface area (Å²) >= 11 is 0. The highest BCUT2D eigenvalue weighted by molar-refractivity contribution is 5.99. The molecule has 8 heteroatoms. The zero-order valence-electron chi connectivity index (χ0n) is 13.5. The maximum Gasteiger partial charge on any atom is 0.416 e. The number of carbonyl (C=O) groups is 1. The van der Waals surface area contributed by atoms with Crippen molar-refractivity contribution in [3.05, 3.63) is 78.1 Å². The SMILES string of the molecule is O=C(Nc1ccccc1)Nc1cnn(Cc2cccc(C(F)(F)F)c2)c1. The van der Waals surface area contributed by atoms with Gasteiger partial charge in [0.1, 0.15) is 0 Å². The van der Waals surface area contributed by atoms with Crippen molar-refractivity contribution in [1.29, 1.82) is 0 Å². The first-order valence-corrected chi connectivity index (χ1v) is 7.72. The van der Waals surface area contributed by atoms with Gasteiger partial charge in [0, 0.05) is 11.9 Å². The topological polar surface area (TPSA) is 59.0 Å². The summed E-state index contributed by atoms with van der Waals surface area (Å²) < 4.78 is 39.7. The molecule has 0 radical (unpaired) electrons. The molecule has 0 aliphatic heterocycles. The molecular weight excluding hydrogens is 345 g/mol. The van der Waals surface area contributed by atoms with Crippen LogP contribution in [0.5, 0.6) is 0 Å². The lowest BCUT2D eigenvalue weighted by Crippen LogP contribution is -2.19. The van der Waals surface area contributed by atoms with Gasteiger partial charge in [-0.25, -0.2) is 4.79 Å². The van der Waals surface area contributed by atoms with Crippen molar-refractivity contribution in [1.82, 2.24) is 9.78 Å². The molecule has 0 unspecified atom stereocenters. The zero-order chi connectivity index (χ0) is 18.6. The molecule has 0 bridgehead atoms. The Labute approximate surface area is 147 Å². The standard InChI is InChI=1S/C18H15F3N4O/c19-18(20,21)14-6-4-5-13(9-14)11-25-12-16(10-22-25)24-17(26)23-15-7-2-1-3-8-15/h1-10,12H,11H2,(H2,23,24,26). The Hall–Kier alpha value is -3.29. The highest BCUT2D eigenvalue weighted by atomic mass is 19.4. The molecule has 1 heterocycles. The van der Waals surface area contributed by atoms with Gasteiger partial charge in [0.2, 0.25) is 0 Å². The number of para-hydroxylation sites is 1. The summed E-state index contributed by atoms with van der Waals surface area (Å²) in [5.41, 5.74) is 0.831. The summed E-state index contributed by atoms with van der Waals surface area (Å²) in [4.78, 5) is 11.9. The predicted octanol–water partition coefficient (Wildman–Crippen LogP) is 4.59. The molecule has 1 aromatic heterocycles. The van der Waals surface area contributed by atoms with Crippen LogP contribution in [0.4, 0.5) is 29.3 Å². The van der Waals surface area contributed by atoms with E-state index >= 15 is 0 Å². The van der Waals surface area contributed by atoms with Gasteiger partial charge in [-0.05, 0) is 29.8 Å². The monoisotopic (exact) mass is 360 g/mol. The summed E-state index contributed by atoms with van der Waals surface area (Å²) in [6.07, 6.45) is -1.41. The Morgan fingerprint density at radius 1 is 1.00 bits per heavy atom. The van der Waals surface area contributed by atoms with E-state index in [0.717, 1.165) is 12.1 Å². The predicted molar refractivity (Wildman–Crippen MR) is 91.9 cm³/mol. The molecular formula is C18H15F3N4O. The highest BCUT2D eigenvalue weighted by Crippen LogP contribution is 2.29. The van der Waals surface area contributed by atoms with Crippen molar-refractivity contribution in [3.63, 3.8) is 0 Å². The van der Waals surface area contributed by atoms with Crippen LogP contribution < -0.4 is 10.6 Å². The number of hydrogen-bond donors (Lipinski definition) is 2. The van der Waals surface area contributed by atoms with Gasteiger partial charge < -0.3 is 10.6 Å². The summed E-state index contributed by atoms with van der Waals surface area (Å²) in [6.45, 7) is 0.159. The van der Waals surface area contributed by atoms with Gasteiger partial charge in [0.05, 0.1) is 24.0 Å². The molecule has 0 saturated heterocycles. The van der Waals surface area contributed by atoms with E-state index in [1.807, 2.05) is 6.07 Å². The molecule has 3 rings (SSSR count). The minimum Gasteiger partial charge on any atom is -0.308 e. The van der Waals surface area contributed by atoms with E-state index in [1.165, 1.54) is 16.9 Å². The van der Waals surface area contributed by atoms with Gasteiger partial charge >= 0.3 is 12.2 Å². The molecule has 5 nitrogen and oxygen atoms in total. The fourth-order valence-electron chi connectivity index (χ4n) is 2.36. The van der Waals surface area contributed by atoms with Crippen LogP contribution in [-0.4, -0.2) is 15.8 Å². The Morgan fingerprint density at radius 2 is 1.73 bits per heavy atom. The Morgan fingerprint density at radius 3 is 2.46 bits per heavy atom. The average molecular weight is 360 g/mol. The third kappa shape index (κ3) is 4.62. The van der Waals surface area contributed by atoms with Crippen LogP contribution in [0.1, 0.15) is 11.1 Å². The maximum absolute atomic E-state index is 12.8. The van der Waals surface area contributed by atoms with Crippen molar-refractivity contribution in [3.8, 4) is 0 Å². The number of alkyl halides is 3. The first kappa shape index (κ1) is 17.5. The summed E-state index contributed by atoms with van der Waals surface area (Å²) in [5, 5.41) is 9.34. The van der Waals surface area contributed by atoms with E-state index in [-0.39, 0.29) is 6.54 Å². The van der Waals surface area contributed by atoms with Crippen LogP contribution in [0, 0.1) is 0 Å².